The Labute approximate surface area is 141 Å². The summed E-state index contributed by atoms with van der Waals surface area (Å²) in [6, 6.07) is 15.1. The first-order chi connectivity index (χ1) is 11.6. The highest BCUT2D eigenvalue weighted by Gasteiger charge is 2.26. The van der Waals surface area contributed by atoms with E-state index in [9.17, 15) is 9.59 Å². The molecule has 124 valence electrons. The number of carbonyl (C=O) groups excluding carboxylic acids is 2. The van der Waals surface area contributed by atoms with Crippen LogP contribution in [0.1, 0.15) is 12.5 Å². The van der Waals surface area contributed by atoms with E-state index >= 15 is 0 Å². The number of anilines is 2. The van der Waals surface area contributed by atoms with E-state index in [1.165, 1.54) is 17.4 Å². The molecule has 0 saturated heterocycles. The van der Waals surface area contributed by atoms with Crippen LogP contribution in [0, 0.1) is 0 Å². The zero-order chi connectivity index (χ0) is 17.1. The molecule has 5 nitrogen and oxygen atoms in total. The van der Waals surface area contributed by atoms with Crippen LogP contribution in [0.2, 0.25) is 0 Å². The smallest absolute Gasteiger partial charge is 0.247 e. The van der Waals surface area contributed by atoms with Crippen LogP contribution < -0.4 is 14.5 Å². The van der Waals surface area contributed by atoms with Crippen LogP contribution in [-0.4, -0.2) is 32.0 Å². The Balaban J connectivity index is 1.81. The van der Waals surface area contributed by atoms with Gasteiger partial charge in [0.25, 0.3) is 0 Å². The lowest BCUT2D eigenvalue weighted by atomic mass is 10.2. The van der Waals surface area contributed by atoms with Gasteiger partial charge in [-0.05, 0) is 30.2 Å². The van der Waals surface area contributed by atoms with Crippen molar-refractivity contribution in [1.82, 2.24) is 0 Å². The van der Waals surface area contributed by atoms with Crippen molar-refractivity contribution in [2.75, 3.05) is 30.0 Å². The molecule has 0 saturated carbocycles. The summed E-state index contributed by atoms with van der Waals surface area (Å²) in [5, 5.41) is 0. The third-order valence-electron chi connectivity index (χ3n) is 4.23. The van der Waals surface area contributed by atoms with Crippen molar-refractivity contribution in [2.45, 2.75) is 13.3 Å². The Morgan fingerprint density at radius 3 is 2.71 bits per heavy atom. The Bertz CT molecular complexity index is 773. The first-order valence-corrected chi connectivity index (χ1v) is 7.90. The van der Waals surface area contributed by atoms with Crippen LogP contribution in [0.5, 0.6) is 5.75 Å². The molecule has 0 unspecified atom stereocenters. The number of methoxy groups -OCH3 is 1. The molecule has 0 atom stereocenters. The summed E-state index contributed by atoms with van der Waals surface area (Å²) in [7, 11) is 1.57. The maximum atomic E-state index is 12.8. The van der Waals surface area contributed by atoms with Crippen molar-refractivity contribution in [2.24, 2.45) is 0 Å². The molecule has 2 aromatic rings. The quantitative estimate of drug-likeness (QED) is 0.869. The third kappa shape index (κ3) is 3.11. The average molecular weight is 324 g/mol. The van der Waals surface area contributed by atoms with Crippen LogP contribution in [0.3, 0.4) is 0 Å². The fraction of sp³-hybridized carbons (Fsp3) is 0.263. The van der Waals surface area contributed by atoms with Crippen molar-refractivity contribution in [3.05, 3.63) is 54.1 Å². The molecule has 2 amide bonds. The van der Waals surface area contributed by atoms with Crippen LogP contribution >= 0.6 is 0 Å². The fourth-order valence-electron chi connectivity index (χ4n) is 2.98. The molecular weight excluding hydrogens is 304 g/mol. The molecule has 0 bridgehead atoms. The van der Waals surface area contributed by atoms with Gasteiger partial charge in [-0.25, -0.2) is 0 Å². The van der Waals surface area contributed by atoms with Gasteiger partial charge in [-0.2, -0.15) is 0 Å². The van der Waals surface area contributed by atoms with Crippen LogP contribution in [0.15, 0.2) is 48.5 Å². The molecule has 0 N–H and O–H groups in total. The van der Waals surface area contributed by atoms with Crippen LogP contribution in [0.4, 0.5) is 11.4 Å². The predicted octanol–water partition coefficient (Wildman–Crippen LogP) is 2.64. The number of nitrogens with zero attached hydrogens (tertiary/aromatic N) is 2. The number of hydrogen-bond donors (Lipinski definition) is 0. The summed E-state index contributed by atoms with van der Waals surface area (Å²) < 4.78 is 5.20. The molecule has 24 heavy (non-hydrogen) atoms. The number of ether oxygens (including phenoxy) is 1. The van der Waals surface area contributed by atoms with Gasteiger partial charge >= 0.3 is 0 Å². The number of amides is 2. The second-order valence-electron chi connectivity index (χ2n) is 5.73. The van der Waals surface area contributed by atoms with Crippen molar-refractivity contribution in [3.63, 3.8) is 0 Å². The molecule has 1 aliphatic heterocycles. The van der Waals surface area contributed by atoms with Gasteiger partial charge in [0.15, 0.2) is 0 Å². The molecule has 0 spiro atoms. The average Bonchev–Trinajstić information content (AvgIpc) is 3.03. The standard InChI is InChI=1S/C19H20N2O3/c1-14(22)21(16-7-5-8-17(12-16)24-2)13-19(23)20-11-10-15-6-3-4-9-18(15)20/h3-9,12H,10-11,13H2,1-2H3. The lowest BCUT2D eigenvalue weighted by Gasteiger charge is -2.25. The molecule has 0 aromatic heterocycles. The maximum absolute atomic E-state index is 12.8. The van der Waals surface area contributed by atoms with E-state index in [0.29, 0.717) is 18.0 Å². The summed E-state index contributed by atoms with van der Waals surface area (Å²) in [6.07, 6.45) is 0.848. The van der Waals surface area contributed by atoms with Gasteiger partial charge in [-0.15, -0.1) is 0 Å². The SMILES string of the molecule is COc1cccc(N(CC(=O)N2CCc3ccccc32)C(C)=O)c1. The van der Waals surface area contributed by atoms with E-state index in [0.717, 1.165) is 12.1 Å². The highest BCUT2D eigenvalue weighted by atomic mass is 16.5. The van der Waals surface area contributed by atoms with E-state index in [1.807, 2.05) is 24.3 Å². The van der Waals surface area contributed by atoms with Gasteiger partial charge in [-0.3, -0.25) is 9.59 Å². The molecule has 0 aliphatic carbocycles. The number of fused-ring (bicyclic) bond motifs is 1. The highest BCUT2D eigenvalue weighted by Crippen LogP contribution is 2.28. The monoisotopic (exact) mass is 324 g/mol. The number of para-hydroxylation sites is 1. The first-order valence-electron chi connectivity index (χ1n) is 7.90. The van der Waals surface area contributed by atoms with E-state index in [1.54, 1.807) is 36.3 Å². The molecule has 2 aromatic carbocycles. The lowest BCUT2D eigenvalue weighted by Crippen LogP contribution is -2.41. The summed E-state index contributed by atoms with van der Waals surface area (Å²) in [4.78, 5) is 28.0. The van der Waals surface area contributed by atoms with E-state index in [-0.39, 0.29) is 18.4 Å². The third-order valence-corrected chi connectivity index (χ3v) is 4.23. The largest absolute Gasteiger partial charge is 0.497 e. The van der Waals surface area contributed by atoms with Crippen LogP contribution in [0.25, 0.3) is 0 Å². The van der Waals surface area contributed by atoms with Gasteiger partial charge in [0.1, 0.15) is 12.3 Å². The van der Waals surface area contributed by atoms with E-state index in [2.05, 4.69) is 0 Å². The minimum absolute atomic E-state index is 0.0107. The Hall–Kier alpha value is -2.82. The number of hydrogen-bond acceptors (Lipinski definition) is 3. The molecule has 3 rings (SSSR count). The predicted molar refractivity (Wildman–Crippen MR) is 93.5 cm³/mol. The molecule has 1 heterocycles. The molecule has 0 fully saturated rings. The minimum Gasteiger partial charge on any atom is -0.497 e. The second kappa shape index (κ2) is 6.74. The minimum atomic E-state index is -0.177. The first kappa shape index (κ1) is 16.1. The van der Waals surface area contributed by atoms with Crippen molar-refractivity contribution < 1.29 is 14.3 Å². The maximum Gasteiger partial charge on any atom is 0.247 e. The summed E-state index contributed by atoms with van der Waals surface area (Å²) >= 11 is 0. The van der Waals surface area contributed by atoms with E-state index < -0.39 is 0 Å². The van der Waals surface area contributed by atoms with Gasteiger partial charge < -0.3 is 14.5 Å². The number of rotatable bonds is 4. The van der Waals surface area contributed by atoms with Crippen molar-refractivity contribution >= 4 is 23.2 Å². The summed E-state index contributed by atoms with van der Waals surface area (Å²) in [5.41, 5.74) is 2.76. The van der Waals surface area contributed by atoms with Crippen molar-refractivity contribution in [1.29, 1.82) is 0 Å². The topological polar surface area (TPSA) is 49.9 Å². The molecular formula is C19H20N2O3. The lowest BCUT2D eigenvalue weighted by molar-refractivity contribution is -0.121. The number of benzene rings is 2. The Morgan fingerprint density at radius 2 is 1.96 bits per heavy atom. The Kier molecular flexibility index (Phi) is 4.51. The second-order valence-corrected chi connectivity index (χ2v) is 5.73. The van der Waals surface area contributed by atoms with E-state index in [4.69, 9.17) is 4.74 Å². The van der Waals surface area contributed by atoms with Gasteiger partial charge in [-0.1, -0.05) is 24.3 Å². The van der Waals surface area contributed by atoms with Crippen LogP contribution in [-0.2, 0) is 16.0 Å². The number of carbonyl (C=O) groups is 2. The highest BCUT2D eigenvalue weighted by molar-refractivity contribution is 6.04. The fourth-order valence-corrected chi connectivity index (χ4v) is 2.98. The van der Waals surface area contributed by atoms with Gasteiger partial charge in [0.2, 0.25) is 11.8 Å². The summed E-state index contributed by atoms with van der Waals surface area (Å²) in [6.45, 7) is 2.13. The summed E-state index contributed by atoms with van der Waals surface area (Å²) in [5.74, 6) is 0.389. The zero-order valence-corrected chi connectivity index (χ0v) is 13.9. The molecule has 1 aliphatic rings. The van der Waals surface area contributed by atoms with Crippen molar-refractivity contribution in [3.8, 4) is 5.75 Å². The Morgan fingerprint density at radius 1 is 1.17 bits per heavy atom. The zero-order valence-electron chi connectivity index (χ0n) is 13.9. The van der Waals surface area contributed by atoms with Gasteiger partial charge in [0, 0.05) is 30.9 Å². The molecule has 0 radical (unpaired) electrons. The van der Waals surface area contributed by atoms with Gasteiger partial charge in [0.05, 0.1) is 7.11 Å². The normalized spacial score (nSPS) is 12.7. The molecule has 5 heteroatoms.